The molecule has 0 spiro atoms. The summed E-state index contributed by atoms with van der Waals surface area (Å²) in [5, 5.41) is 8.39. The Balaban J connectivity index is 2.61. The molecule has 0 fully saturated rings. The monoisotopic (exact) mass is 244 g/mol. The molecular weight excluding hydrogens is 224 g/mol. The summed E-state index contributed by atoms with van der Waals surface area (Å²) in [4.78, 5) is 0. The number of aromatic nitrogens is 3. The van der Waals surface area contributed by atoms with Crippen molar-refractivity contribution in [2.24, 2.45) is 12.8 Å². The average Bonchev–Trinajstić information content (AvgIpc) is 2.69. The summed E-state index contributed by atoms with van der Waals surface area (Å²) in [6.07, 6.45) is 0. The second kappa shape index (κ2) is 4.53. The highest BCUT2D eigenvalue weighted by Gasteiger charge is 2.21. The van der Waals surface area contributed by atoms with Gasteiger partial charge in [0.05, 0.1) is 6.54 Å². The Morgan fingerprint density at radius 3 is 2.39 bits per heavy atom. The molecular formula is C14H20N4. The van der Waals surface area contributed by atoms with Crippen LogP contribution >= 0.6 is 0 Å². The van der Waals surface area contributed by atoms with Gasteiger partial charge in [0.15, 0.2) is 5.82 Å². The zero-order valence-electron chi connectivity index (χ0n) is 11.4. The Kier molecular flexibility index (Phi) is 3.22. The minimum Gasteiger partial charge on any atom is -0.324 e. The van der Waals surface area contributed by atoms with E-state index in [1.165, 1.54) is 5.56 Å². The third-order valence-corrected chi connectivity index (χ3v) is 3.12. The van der Waals surface area contributed by atoms with Crippen molar-refractivity contribution < 1.29 is 0 Å². The van der Waals surface area contributed by atoms with Gasteiger partial charge >= 0.3 is 0 Å². The molecule has 4 nitrogen and oxygen atoms in total. The van der Waals surface area contributed by atoms with Crippen molar-refractivity contribution >= 4 is 0 Å². The number of rotatable bonds is 2. The quantitative estimate of drug-likeness (QED) is 0.881. The van der Waals surface area contributed by atoms with E-state index < -0.39 is 0 Å². The Morgan fingerprint density at radius 2 is 1.83 bits per heavy atom. The summed E-state index contributed by atoms with van der Waals surface area (Å²) < 4.78 is 1.96. The molecule has 1 aromatic carbocycles. The first-order valence-corrected chi connectivity index (χ1v) is 6.13. The number of hydrogen-bond donors (Lipinski definition) is 1. The zero-order valence-corrected chi connectivity index (χ0v) is 11.4. The first kappa shape index (κ1) is 12.8. The van der Waals surface area contributed by atoms with Crippen LogP contribution in [0.25, 0.3) is 11.4 Å². The fourth-order valence-electron chi connectivity index (χ4n) is 2.11. The molecule has 18 heavy (non-hydrogen) atoms. The lowest BCUT2D eigenvalue weighted by Gasteiger charge is -2.22. The molecule has 2 N–H and O–H groups in total. The van der Waals surface area contributed by atoms with Gasteiger partial charge in [-0.25, -0.2) is 0 Å². The van der Waals surface area contributed by atoms with Gasteiger partial charge in [-0.05, 0) is 11.0 Å². The van der Waals surface area contributed by atoms with Gasteiger partial charge in [-0.1, -0.05) is 45.0 Å². The van der Waals surface area contributed by atoms with Crippen molar-refractivity contribution in [3.63, 3.8) is 0 Å². The summed E-state index contributed by atoms with van der Waals surface area (Å²) in [6, 6.07) is 8.32. The molecule has 4 heteroatoms. The SMILES string of the molecule is Cn1c(CN)nnc1-c1ccccc1C(C)(C)C. The second-order valence-electron chi connectivity index (χ2n) is 5.50. The van der Waals surface area contributed by atoms with Crippen LogP contribution in [0.5, 0.6) is 0 Å². The lowest BCUT2D eigenvalue weighted by molar-refractivity contribution is 0.591. The first-order valence-electron chi connectivity index (χ1n) is 6.13. The molecule has 1 aromatic heterocycles. The standard InChI is InChI=1S/C14H20N4/c1-14(2,3)11-8-6-5-7-10(11)13-17-16-12(9-15)18(13)4/h5-8H,9,15H2,1-4H3. The summed E-state index contributed by atoms with van der Waals surface area (Å²) in [5.74, 6) is 1.68. The Hall–Kier alpha value is -1.68. The molecule has 96 valence electrons. The van der Waals surface area contributed by atoms with Crippen LogP contribution in [0.3, 0.4) is 0 Å². The normalized spacial score (nSPS) is 11.8. The molecule has 2 rings (SSSR count). The van der Waals surface area contributed by atoms with Crippen LogP contribution in [0, 0.1) is 0 Å². The van der Waals surface area contributed by atoms with Crippen molar-refractivity contribution in [1.29, 1.82) is 0 Å². The van der Waals surface area contributed by atoms with Crippen molar-refractivity contribution in [3.8, 4) is 11.4 Å². The van der Waals surface area contributed by atoms with Crippen LogP contribution in [0.2, 0.25) is 0 Å². The molecule has 2 aromatic rings. The van der Waals surface area contributed by atoms with E-state index in [1.54, 1.807) is 0 Å². The molecule has 0 atom stereocenters. The van der Waals surface area contributed by atoms with E-state index in [4.69, 9.17) is 5.73 Å². The molecule has 0 aliphatic carbocycles. The highest BCUT2D eigenvalue weighted by atomic mass is 15.3. The van der Waals surface area contributed by atoms with Gasteiger partial charge < -0.3 is 10.3 Å². The van der Waals surface area contributed by atoms with Gasteiger partial charge in [-0.2, -0.15) is 0 Å². The maximum Gasteiger partial charge on any atom is 0.164 e. The first-order chi connectivity index (χ1) is 8.45. The van der Waals surface area contributed by atoms with Crippen molar-refractivity contribution in [3.05, 3.63) is 35.7 Å². The molecule has 0 amide bonds. The van der Waals surface area contributed by atoms with Crippen molar-refractivity contribution in [2.45, 2.75) is 32.7 Å². The molecule has 1 heterocycles. The Morgan fingerprint density at radius 1 is 1.17 bits per heavy atom. The van der Waals surface area contributed by atoms with Crippen LogP contribution in [-0.2, 0) is 19.0 Å². The summed E-state index contributed by atoms with van der Waals surface area (Å²) >= 11 is 0. The van der Waals surface area contributed by atoms with Gasteiger partial charge in [0.25, 0.3) is 0 Å². The minimum absolute atomic E-state index is 0.0748. The lowest BCUT2D eigenvalue weighted by atomic mass is 9.83. The molecule has 0 bridgehead atoms. The smallest absolute Gasteiger partial charge is 0.164 e. The largest absolute Gasteiger partial charge is 0.324 e. The third-order valence-electron chi connectivity index (χ3n) is 3.12. The van der Waals surface area contributed by atoms with Gasteiger partial charge in [0.1, 0.15) is 5.82 Å². The molecule has 0 unspecified atom stereocenters. The molecule has 0 aliphatic heterocycles. The molecule has 0 aliphatic rings. The van der Waals surface area contributed by atoms with Crippen LogP contribution in [0.4, 0.5) is 0 Å². The maximum absolute atomic E-state index is 5.64. The highest BCUT2D eigenvalue weighted by molar-refractivity contribution is 5.62. The van der Waals surface area contributed by atoms with Crippen LogP contribution < -0.4 is 5.73 Å². The fraction of sp³-hybridized carbons (Fsp3) is 0.429. The van der Waals surface area contributed by atoms with Gasteiger partial charge in [0.2, 0.25) is 0 Å². The predicted octanol–water partition coefficient (Wildman–Crippen LogP) is 2.24. The number of nitrogens with zero attached hydrogens (tertiary/aromatic N) is 3. The minimum atomic E-state index is 0.0748. The lowest BCUT2D eigenvalue weighted by Crippen LogP contribution is -2.14. The highest BCUT2D eigenvalue weighted by Crippen LogP contribution is 2.31. The number of benzene rings is 1. The summed E-state index contributed by atoms with van der Waals surface area (Å²) in [6.45, 7) is 7.01. The van der Waals surface area contributed by atoms with E-state index in [0.717, 1.165) is 17.2 Å². The Labute approximate surface area is 108 Å². The molecule has 0 saturated heterocycles. The van der Waals surface area contributed by atoms with Gasteiger partial charge in [-0.3, -0.25) is 0 Å². The molecule has 0 radical (unpaired) electrons. The number of hydrogen-bond acceptors (Lipinski definition) is 3. The van der Waals surface area contributed by atoms with Crippen LogP contribution in [-0.4, -0.2) is 14.8 Å². The Bertz CT molecular complexity index is 549. The predicted molar refractivity (Wildman–Crippen MR) is 73.0 cm³/mol. The number of nitrogens with two attached hydrogens (primary N) is 1. The van der Waals surface area contributed by atoms with Crippen LogP contribution in [0.1, 0.15) is 32.2 Å². The van der Waals surface area contributed by atoms with E-state index in [9.17, 15) is 0 Å². The average molecular weight is 244 g/mol. The molecule has 0 saturated carbocycles. The van der Waals surface area contributed by atoms with Gasteiger partial charge in [0, 0.05) is 12.6 Å². The third kappa shape index (κ3) is 2.16. The van der Waals surface area contributed by atoms with Crippen molar-refractivity contribution in [1.82, 2.24) is 14.8 Å². The van der Waals surface area contributed by atoms with Gasteiger partial charge in [-0.15, -0.1) is 10.2 Å². The maximum atomic E-state index is 5.64. The second-order valence-corrected chi connectivity index (χ2v) is 5.50. The summed E-state index contributed by atoms with van der Waals surface area (Å²) in [7, 11) is 1.96. The van der Waals surface area contributed by atoms with E-state index >= 15 is 0 Å². The van der Waals surface area contributed by atoms with E-state index in [0.29, 0.717) is 6.54 Å². The van der Waals surface area contributed by atoms with E-state index in [1.807, 2.05) is 17.7 Å². The van der Waals surface area contributed by atoms with E-state index in [-0.39, 0.29) is 5.41 Å². The topological polar surface area (TPSA) is 56.7 Å². The van der Waals surface area contributed by atoms with E-state index in [2.05, 4.69) is 49.2 Å². The fourth-order valence-corrected chi connectivity index (χ4v) is 2.11. The van der Waals surface area contributed by atoms with Crippen LogP contribution in [0.15, 0.2) is 24.3 Å². The summed E-state index contributed by atoms with van der Waals surface area (Å²) in [5.41, 5.74) is 8.11. The zero-order chi connectivity index (χ0) is 13.3. The van der Waals surface area contributed by atoms with Crippen molar-refractivity contribution in [2.75, 3.05) is 0 Å².